The number of para-hydroxylation sites is 1. The van der Waals surface area contributed by atoms with Crippen molar-refractivity contribution in [3.05, 3.63) is 48.7 Å². The molecular weight excluding hydrogens is 348 g/mol. The first-order valence-corrected chi connectivity index (χ1v) is 10.7. The smallest absolute Gasteiger partial charge is 0.274 e. The van der Waals surface area contributed by atoms with Crippen LogP contribution in [0.1, 0.15) is 12.8 Å². The topological polar surface area (TPSA) is 58.0 Å². The monoisotopic (exact) mass is 373 g/mol. The molecule has 0 atom stereocenters. The van der Waals surface area contributed by atoms with Crippen LogP contribution >= 0.6 is 0 Å². The van der Waals surface area contributed by atoms with Crippen molar-refractivity contribution in [2.24, 2.45) is 0 Å². The quantitative estimate of drug-likeness (QED) is 0.817. The molecule has 0 saturated carbocycles. The number of H-pyrrole nitrogens is 1. The van der Waals surface area contributed by atoms with Crippen LogP contribution in [0.3, 0.4) is 0 Å². The van der Waals surface area contributed by atoms with Gasteiger partial charge in [0.1, 0.15) is 24.2 Å². The Morgan fingerprint density at radius 3 is 2.04 bits per heavy atom. The van der Waals surface area contributed by atoms with E-state index in [4.69, 9.17) is 0 Å². The Kier molecular flexibility index (Phi) is 4.82. The molecule has 0 spiro atoms. The highest BCUT2D eigenvalue weighted by molar-refractivity contribution is 7.89. The number of anilines is 2. The van der Waals surface area contributed by atoms with Crippen LogP contribution in [0.4, 0.5) is 11.5 Å². The summed E-state index contributed by atoms with van der Waals surface area (Å²) in [5.74, 6) is 0.970. The fourth-order valence-electron chi connectivity index (χ4n) is 3.68. The second-order valence-electron chi connectivity index (χ2n) is 6.83. The minimum Gasteiger partial charge on any atom is -0.364 e. The Bertz CT molecular complexity index is 826. The van der Waals surface area contributed by atoms with Crippen LogP contribution in [0.2, 0.25) is 0 Å². The molecule has 2 saturated heterocycles. The number of hydrogen-bond acceptors (Lipinski definition) is 4. The molecule has 1 N–H and O–H groups in total. The number of nitrogens with one attached hydrogen (secondary N) is 1. The zero-order chi connectivity index (χ0) is 18.0. The summed E-state index contributed by atoms with van der Waals surface area (Å²) in [7, 11) is -3.36. The molecule has 6 nitrogen and oxygen atoms in total. The molecule has 1 aromatic heterocycles. The Morgan fingerprint density at radius 1 is 0.769 bits per heavy atom. The predicted octanol–water partition coefficient (Wildman–Crippen LogP) is 1.61. The van der Waals surface area contributed by atoms with Gasteiger partial charge in [-0.25, -0.2) is 13.4 Å². The summed E-state index contributed by atoms with van der Waals surface area (Å²) in [6, 6.07) is 14.1. The Morgan fingerprint density at radius 2 is 1.42 bits per heavy atom. The number of aromatic amines is 1. The molecule has 0 amide bonds. The van der Waals surface area contributed by atoms with Crippen LogP contribution in [-0.2, 0) is 10.0 Å². The van der Waals surface area contributed by atoms with Gasteiger partial charge in [-0.3, -0.25) is 4.90 Å². The van der Waals surface area contributed by atoms with E-state index in [0.717, 1.165) is 44.8 Å². The second-order valence-corrected chi connectivity index (χ2v) is 8.77. The third-order valence-corrected chi connectivity index (χ3v) is 7.11. The summed E-state index contributed by atoms with van der Waals surface area (Å²) < 4.78 is 26.8. The zero-order valence-electron chi connectivity index (χ0n) is 14.8. The van der Waals surface area contributed by atoms with Gasteiger partial charge >= 0.3 is 0 Å². The highest BCUT2D eigenvalue weighted by Crippen LogP contribution is 2.22. The normalized spacial score (nSPS) is 19.1. The number of hydrogen-bond donors (Lipinski definition) is 0. The van der Waals surface area contributed by atoms with Crippen LogP contribution in [0.15, 0.2) is 53.6 Å². The first kappa shape index (κ1) is 17.3. The minimum atomic E-state index is -3.36. The van der Waals surface area contributed by atoms with Gasteiger partial charge in [0, 0.05) is 24.8 Å². The molecule has 4 rings (SSSR count). The summed E-state index contributed by atoms with van der Waals surface area (Å²) in [5.41, 5.74) is 1.25. The lowest BCUT2D eigenvalue weighted by molar-refractivity contribution is -0.367. The zero-order valence-corrected chi connectivity index (χ0v) is 15.7. The predicted molar refractivity (Wildman–Crippen MR) is 102 cm³/mol. The van der Waals surface area contributed by atoms with Crippen molar-refractivity contribution in [2.45, 2.75) is 17.7 Å². The molecule has 0 unspecified atom stereocenters. The van der Waals surface area contributed by atoms with Gasteiger partial charge in [-0.1, -0.05) is 18.2 Å². The van der Waals surface area contributed by atoms with E-state index < -0.39 is 10.0 Å². The lowest BCUT2D eigenvalue weighted by Crippen LogP contribution is -2.48. The average Bonchev–Trinajstić information content (AvgIpc) is 3.25. The second kappa shape index (κ2) is 7.25. The summed E-state index contributed by atoms with van der Waals surface area (Å²) >= 11 is 0. The van der Waals surface area contributed by atoms with E-state index in [9.17, 15) is 8.42 Å². The third kappa shape index (κ3) is 3.41. The van der Waals surface area contributed by atoms with Crippen molar-refractivity contribution in [2.75, 3.05) is 49.1 Å². The Balaban J connectivity index is 1.42. The number of aromatic nitrogens is 1. The molecule has 2 aromatic rings. The first-order chi connectivity index (χ1) is 12.6. The fourth-order valence-corrected chi connectivity index (χ4v) is 5.17. The van der Waals surface area contributed by atoms with Crippen LogP contribution in [-0.4, -0.2) is 52.0 Å². The molecule has 3 heterocycles. The summed E-state index contributed by atoms with van der Waals surface area (Å²) in [4.78, 5) is 8.19. The molecular formula is C19H25N4O2S+. The maximum atomic E-state index is 12.6. The standard InChI is InChI=1S/C19H24N4O2S/c24-26(25,23-10-4-5-11-23)18-8-9-19(20-16-18)22-14-12-21(13-15-22)17-6-2-1-3-7-17/h1-3,6-9,16H,4-5,10-15H2/p+1. The summed E-state index contributed by atoms with van der Waals surface area (Å²) in [6.45, 7) is 4.97. The van der Waals surface area contributed by atoms with E-state index in [0.29, 0.717) is 18.0 Å². The van der Waals surface area contributed by atoms with Gasteiger partial charge in [0.05, 0.1) is 13.1 Å². The third-order valence-electron chi connectivity index (χ3n) is 5.21. The molecule has 2 aliphatic heterocycles. The number of pyridine rings is 1. The van der Waals surface area contributed by atoms with Gasteiger partial charge in [0.2, 0.25) is 10.0 Å². The van der Waals surface area contributed by atoms with Crippen molar-refractivity contribution < 1.29 is 13.4 Å². The maximum absolute atomic E-state index is 12.6. The molecule has 26 heavy (non-hydrogen) atoms. The van der Waals surface area contributed by atoms with Crippen LogP contribution in [0.5, 0.6) is 0 Å². The molecule has 1 aromatic carbocycles. The van der Waals surface area contributed by atoms with E-state index in [1.54, 1.807) is 16.6 Å². The average molecular weight is 374 g/mol. The molecule has 2 aliphatic rings. The van der Waals surface area contributed by atoms with E-state index >= 15 is 0 Å². The number of nitrogens with zero attached hydrogens (tertiary/aromatic N) is 3. The number of sulfonamides is 1. The number of benzene rings is 1. The summed E-state index contributed by atoms with van der Waals surface area (Å²) in [6.07, 6.45) is 3.53. The van der Waals surface area contributed by atoms with Crippen molar-refractivity contribution in [3.63, 3.8) is 0 Å². The molecule has 0 radical (unpaired) electrons. The van der Waals surface area contributed by atoms with Gasteiger partial charge < -0.3 is 4.90 Å². The highest BCUT2D eigenvalue weighted by Gasteiger charge is 2.29. The number of rotatable bonds is 4. The first-order valence-electron chi connectivity index (χ1n) is 9.21. The van der Waals surface area contributed by atoms with E-state index in [1.165, 1.54) is 5.69 Å². The van der Waals surface area contributed by atoms with E-state index in [2.05, 4.69) is 39.0 Å². The minimum absolute atomic E-state index is 0.353. The fraction of sp³-hybridized carbons (Fsp3) is 0.421. The van der Waals surface area contributed by atoms with Crippen LogP contribution < -0.4 is 14.8 Å². The van der Waals surface area contributed by atoms with Crippen molar-refractivity contribution in [3.8, 4) is 0 Å². The molecule has 138 valence electrons. The van der Waals surface area contributed by atoms with Gasteiger partial charge in [-0.2, -0.15) is 4.31 Å². The van der Waals surface area contributed by atoms with E-state index in [-0.39, 0.29) is 0 Å². The molecule has 0 bridgehead atoms. The maximum Gasteiger partial charge on any atom is 0.274 e. The van der Waals surface area contributed by atoms with Crippen LogP contribution in [0, 0.1) is 0 Å². The Labute approximate surface area is 155 Å². The van der Waals surface area contributed by atoms with Gasteiger partial charge in [0.15, 0.2) is 0 Å². The lowest BCUT2D eigenvalue weighted by atomic mass is 10.2. The molecule has 2 fully saturated rings. The highest BCUT2D eigenvalue weighted by atomic mass is 32.2. The molecule has 7 heteroatoms. The van der Waals surface area contributed by atoms with Crippen molar-refractivity contribution in [1.82, 2.24) is 4.31 Å². The lowest BCUT2D eigenvalue weighted by Gasteiger charge is -2.32. The van der Waals surface area contributed by atoms with Crippen molar-refractivity contribution >= 4 is 21.5 Å². The van der Waals surface area contributed by atoms with Gasteiger partial charge in [0.25, 0.3) is 5.82 Å². The summed E-state index contributed by atoms with van der Waals surface area (Å²) in [5, 5.41) is 0. The Hall–Kier alpha value is -2.12. The SMILES string of the molecule is O=S(=O)(c1ccc(N2CCN(c3ccccc3)CC2)[nH+]c1)N1CCCC1. The van der Waals surface area contributed by atoms with Crippen LogP contribution in [0.25, 0.3) is 0 Å². The largest absolute Gasteiger partial charge is 0.364 e. The van der Waals surface area contributed by atoms with Crippen molar-refractivity contribution in [1.29, 1.82) is 0 Å². The van der Waals surface area contributed by atoms with Gasteiger partial charge in [-0.05, 0) is 31.0 Å². The molecule has 0 aliphatic carbocycles. The van der Waals surface area contributed by atoms with Gasteiger partial charge in [-0.15, -0.1) is 0 Å². The van der Waals surface area contributed by atoms with E-state index in [1.807, 2.05) is 12.1 Å². The number of piperazine rings is 1.